The van der Waals surface area contributed by atoms with Crippen LogP contribution in [0.5, 0.6) is 5.88 Å². The van der Waals surface area contributed by atoms with E-state index in [0.29, 0.717) is 17.5 Å². The normalized spacial score (nSPS) is 23.8. The topological polar surface area (TPSA) is 93.1 Å². The highest BCUT2D eigenvalue weighted by Crippen LogP contribution is 2.43. The predicted molar refractivity (Wildman–Crippen MR) is 91.6 cm³/mol. The van der Waals surface area contributed by atoms with Crippen LogP contribution in [0.3, 0.4) is 0 Å². The number of carbonyl (C=O) groups is 1. The fourth-order valence-corrected chi connectivity index (χ4v) is 3.41. The molecular weight excluding hydrogens is 320 g/mol. The van der Waals surface area contributed by atoms with E-state index in [2.05, 4.69) is 25.3 Å². The maximum Gasteiger partial charge on any atom is 0.240 e. The van der Waals surface area contributed by atoms with Crippen LogP contribution in [0, 0.1) is 0 Å². The standard InChI is InChI=1S/C17H20N6O2/c1-17(2)14-15(19-5-4-18-14)23(16(17)24)11-6-10(7-11)22-12-8-21-13(25-3)9-20-12/h4-5,8-11H,6-7H2,1-3H3,(H,20,22)/t10-,11-. The maximum absolute atomic E-state index is 12.8. The Morgan fingerprint density at radius 1 is 1.16 bits per heavy atom. The van der Waals surface area contributed by atoms with Crippen LogP contribution in [0.25, 0.3) is 0 Å². The molecule has 1 amide bonds. The number of aromatic nitrogens is 4. The first-order chi connectivity index (χ1) is 12.0. The Hall–Kier alpha value is -2.77. The van der Waals surface area contributed by atoms with E-state index in [9.17, 15) is 4.79 Å². The number of hydrogen-bond acceptors (Lipinski definition) is 7. The van der Waals surface area contributed by atoms with E-state index >= 15 is 0 Å². The molecule has 0 aromatic carbocycles. The Labute approximate surface area is 145 Å². The highest BCUT2D eigenvalue weighted by atomic mass is 16.5. The molecule has 0 radical (unpaired) electrons. The second-order valence-corrected chi connectivity index (χ2v) is 6.94. The largest absolute Gasteiger partial charge is 0.480 e. The lowest BCUT2D eigenvalue weighted by molar-refractivity contribution is -0.123. The van der Waals surface area contributed by atoms with Gasteiger partial charge in [-0.1, -0.05) is 0 Å². The number of methoxy groups -OCH3 is 1. The molecule has 1 N–H and O–H groups in total. The van der Waals surface area contributed by atoms with Crippen molar-refractivity contribution in [2.24, 2.45) is 0 Å². The molecule has 1 fully saturated rings. The van der Waals surface area contributed by atoms with E-state index in [0.717, 1.165) is 18.5 Å². The van der Waals surface area contributed by atoms with Crippen molar-refractivity contribution in [1.82, 2.24) is 19.9 Å². The molecule has 4 rings (SSSR count). The summed E-state index contributed by atoms with van der Waals surface area (Å²) in [6, 6.07) is 0.387. The van der Waals surface area contributed by atoms with Gasteiger partial charge < -0.3 is 10.1 Å². The van der Waals surface area contributed by atoms with Gasteiger partial charge in [-0.05, 0) is 26.7 Å². The van der Waals surface area contributed by atoms with Crippen LogP contribution in [-0.2, 0) is 10.2 Å². The number of nitrogens with zero attached hydrogens (tertiary/aromatic N) is 5. The summed E-state index contributed by atoms with van der Waals surface area (Å²) in [7, 11) is 1.56. The van der Waals surface area contributed by atoms with Gasteiger partial charge in [-0.2, -0.15) is 0 Å². The zero-order chi connectivity index (χ0) is 17.6. The number of amides is 1. The zero-order valence-corrected chi connectivity index (χ0v) is 14.4. The third kappa shape index (κ3) is 2.48. The Morgan fingerprint density at radius 3 is 2.60 bits per heavy atom. The van der Waals surface area contributed by atoms with Gasteiger partial charge in [0.25, 0.3) is 0 Å². The molecule has 2 aromatic heterocycles. The van der Waals surface area contributed by atoms with Gasteiger partial charge in [0.15, 0.2) is 5.82 Å². The number of nitrogens with one attached hydrogen (secondary N) is 1. The molecule has 2 aliphatic rings. The van der Waals surface area contributed by atoms with E-state index < -0.39 is 5.41 Å². The average Bonchev–Trinajstić information content (AvgIpc) is 2.79. The summed E-state index contributed by atoms with van der Waals surface area (Å²) in [5, 5.41) is 3.34. The van der Waals surface area contributed by atoms with Crippen LogP contribution in [0.4, 0.5) is 11.6 Å². The summed E-state index contributed by atoms with van der Waals surface area (Å²) < 4.78 is 5.01. The van der Waals surface area contributed by atoms with Crippen LogP contribution in [0.1, 0.15) is 32.4 Å². The molecule has 8 nitrogen and oxygen atoms in total. The Bertz CT molecular complexity index is 801. The van der Waals surface area contributed by atoms with Crippen LogP contribution in [0.2, 0.25) is 0 Å². The van der Waals surface area contributed by atoms with Crippen molar-refractivity contribution in [3.05, 3.63) is 30.5 Å². The number of fused-ring (bicyclic) bond motifs is 1. The first-order valence-corrected chi connectivity index (χ1v) is 8.28. The molecule has 1 aliphatic heterocycles. The Kier molecular flexibility index (Phi) is 3.55. The molecule has 1 saturated carbocycles. The van der Waals surface area contributed by atoms with Crippen molar-refractivity contribution in [2.75, 3.05) is 17.3 Å². The molecule has 0 bridgehead atoms. The molecule has 25 heavy (non-hydrogen) atoms. The monoisotopic (exact) mass is 340 g/mol. The number of ether oxygens (including phenoxy) is 1. The predicted octanol–water partition coefficient (Wildman–Crippen LogP) is 1.54. The van der Waals surface area contributed by atoms with Crippen molar-refractivity contribution >= 4 is 17.5 Å². The lowest BCUT2D eigenvalue weighted by Crippen LogP contribution is -2.53. The molecule has 0 spiro atoms. The minimum atomic E-state index is -0.621. The van der Waals surface area contributed by atoms with Gasteiger partial charge in [-0.15, -0.1) is 0 Å². The summed E-state index contributed by atoms with van der Waals surface area (Å²) in [5.41, 5.74) is 0.140. The van der Waals surface area contributed by atoms with E-state index in [1.807, 2.05) is 18.7 Å². The molecule has 0 saturated heterocycles. The average molecular weight is 340 g/mol. The van der Waals surface area contributed by atoms with Gasteiger partial charge in [0.2, 0.25) is 11.8 Å². The summed E-state index contributed by atoms with van der Waals surface area (Å²) in [4.78, 5) is 31.9. The first-order valence-electron chi connectivity index (χ1n) is 8.28. The van der Waals surface area contributed by atoms with Gasteiger partial charge in [-0.25, -0.2) is 15.0 Å². The van der Waals surface area contributed by atoms with E-state index in [-0.39, 0.29) is 18.0 Å². The Morgan fingerprint density at radius 2 is 1.92 bits per heavy atom. The highest BCUT2D eigenvalue weighted by Gasteiger charge is 2.51. The van der Waals surface area contributed by atoms with Gasteiger partial charge in [0.05, 0.1) is 30.6 Å². The smallest absolute Gasteiger partial charge is 0.240 e. The van der Waals surface area contributed by atoms with E-state index in [1.54, 1.807) is 31.9 Å². The van der Waals surface area contributed by atoms with Crippen molar-refractivity contribution in [3.8, 4) is 5.88 Å². The second-order valence-electron chi connectivity index (χ2n) is 6.94. The highest BCUT2D eigenvalue weighted by molar-refractivity contribution is 6.06. The van der Waals surface area contributed by atoms with Crippen LogP contribution in [-0.4, -0.2) is 45.0 Å². The van der Waals surface area contributed by atoms with Crippen molar-refractivity contribution < 1.29 is 9.53 Å². The number of anilines is 2. The quantitative estimate of drug-likeness (QED) is 0.902. The molecule has 2 aromatic rings. The van der Waals surface area contributed by atoms with Crippen LogP contribution in [0.15, 0.2) is 24.8 Å². The van der Waals surface area contributed by atoms with Crippen molar-refractivity contribution in [2.45, 2.75) is 44.2 Å². The lowest BCUT2D eigenvalue weighted by atomic mass is 9.84. The molecule has 3 heterocycles. The zero-order valence-electron chi connectivity index (χ0n) is 14.4. The third-order valence-corrected chi connectivity index (χ3v) is 4.92. The summed E-state index contributed by atoms with van der Waals surface area (Å²) in [6.45, 7) is 3.81. The first kappa shape index (κ1) is 15.7. The van der Waals surface area contributed by atoms with E-state index in [4.69, 9.17) is 4.74 Å². The third-order valence-electron chi connectivity index (χ3n) is 4.92. The maximum atomic E-state index is 12.8. The van der Waals surface area contributed by atoms with Crippen molar-refractivity contribution in [3.63, 3.8) is 0 Å². The summed E-state index contributed by atoms with van der Waals surface area (Å²) >= 11 is 0. The van der Waals surface area contributed by atoms with Gasteiger partial charge >= 0.3 is 0 Å². The van der Waals surface area contributed by atoms with Gasteiger partial charge in [0.1, 0.15) is 5.82 Å². The van der Waals surface area contributed by atoms with Crippen molar-refractivity contribution in [1.29, 1.82) is 0 Å². The number of hydrogen-bond donors (Lipinski definition) is 1. The minimum Gasteiger partial charge on any atom is -0.480 e. The van der Waals surface area contributed by atoms with Crippen LogP contribution >= 0.6 is 0 Å². The van der Waals surface area contributed by atoms with E-state index in [1.165, 1.54) is 0 Å². The summed E-state index contributed by atoms with van der Waals surface area (Å²) in [5.74, 6) is 1.96. The molecular formula is C17H20N6O2. The number of rotatable bonds is 4. The molecule has 130 valence electrons. The molecule has 1 aliphatic carbocycles. The second kappa shape index (κ2) is 5.65. The lowest BCUT2D eigenvalue weighted by Gasteiger charge is -2.41. The minimum absolute atomic E-state index is 0.0707. The fraction of sp³-hybridized carbons (Fsp3) is 0.471. The van der Waals surface area contributed by atoms with Gasteiger partial charge in [-0.3, -0.25) is 14.7 Å². The fourth-order valence-electron chi connectivity index (χ4n) is 3.41. The van der Waals surface area contributed by atoms with Crippen LogP contribution < -0.4 is 15.0 Å². The molecule has 8 heteroatoms. The summed E-state index contributed by atoms with van der Waals surface area (Å²) in [6.07, 6.45) is 8.19. The van der Waals surface area contributed by atoms with Gasteiger partial charge in [0, 0.05) is 24.5 Å². The number of carbonyl (C=O) groups excluding carboxylic acids is 1. The SMILES string of the molecule is COc1cnc(N[C@H]2C[C@H](N3C(=O)C(C)(C)c4nccnc43)C2)cn1. The molecule has 0 atom stereocenters. The Balaban J connectivity index is 1.44. The molecule has 0 unspecified atom stereocenters.